The van der Waals surface area contributed by atoms with E-state index in [1.807, 2.05) is 60.4 Å². The van der Waals surface area contributed by atoms with Crippen LogP contribution < -0.4 is 4.74 Å². The van der Waals surface area contributed by atoms with Crippen LogP contribution in [0.2, 0.25) is 0 Å². The van der Waals surface area contributed by atoms with Gasteiger partial charge in [0.15, 0.2) is 0 Å². The van der Waals surface area contributed by atoms with Crippen LogP contribution in [0, 0.1) is 6.92 Å². The number of hydrogen-bond acceptors (Lipinski definition) is 5. The van der Waals surface area contributed by atoms with Crippen LogP contribution in [0.3, 0.4) is 0 Å². The Bertz CT molecular complexity index is 982. The molecule has 1 fully saturated rings. The van der Waals surface area contributed by atoms with Crippen molar-refractivity contribution in [2.24, 2.45) is 0 Å². The van der Waals surface area contributed by atoms with Gasteiger partial charge in [-0.3, -0.25) is 4.79 Å². The number of benzene rings is 2. The summed E-state index contributed by atoms with van der Waals surface area (Å²) in [6.45, 7) is 3.10. The number of amides is 1. The van der Waals surface area contributed by atoms with E-state index in [1.54, 1.807) is 7.11 Å². The molecule has 1 saturated heterocycles. The number of aryl methyl sites for hydroxylation is 1. The van der Waals surface area contributed by atoms with Crippen molar-refractivity contribution in [3.05, 3.63) is 65.5 Å². The lowest BCUT2D eigenvalue weighted by Crippen LogP contribution is -2.38. The molecule has 0 aliphatic carbocycles. The molecular formula is C22H23N3O3. The van der Waals surface area contributed by atoms with Crippen molar-refractivity contribution >= 4 is 5.91 Å². The van der Waals surface area contributed by atoms with Crippen molar-refractivity contribution in [1.29, 1.82) is 0 Å². The highest BCUT2D eigenvalue weighted by molar-refractivity contribution is 5.77. The molecule has 144 valence electrons. The van der Waals surface area contributed by atoms with E-state index in [0.29, 0.717) is 31.2 Å². The van der Waals surface area contributed by atoms with Gasteiger partial charge in [-0.2, -0.15) is 4.98 Å². The molecule has 3 aromatic rings. The minimum absolute atomic E-state index is 0.0395. The fraction of sp³-hybridized carbons (Fsp3) is 0.318. The second-order valence-electron chi connectivity index (χ2n) is 7.09. The fourth-order valence-electron chi connectivity index (χ4n) is 3.64. The molecule has 0 bridgehead atoms. The molecule has 6 nitrogen and oxygen atoms in total. The molecule has 1 amide bonds. The average molecular weight is 377 g/mol. The SMILES string of the molecule is COc1ccccc1CN1CC(c2nc(-c3ccccc3C)no2)CCC1=O. The topological polar surface area (TPSA) is 68.5 Å². The number of likely N-dealkylation sites (tertiary alicyclic amines) is 1. The van der Waals surface area contributed by atoms with Crippen LogP contribution in [0.15, 0.2) is 53.1 Å². The summed E-state index contributed by atoms with van der Waals surface area (Å²) in [5, 5.41) is 4.17. The lowest BCUT2D eigenvalue weighted by atomic mass is 9.96. The zero-order chi connectivity index (χ0) is 19.5. The Morgan fingerprint density at radius 3 is 2.79 bits per heavy atom. The third-order valence-electron chi connectivity index (χ3n) is 5.23. The third kappa shape index (κ3) is 3.63. The first-order valence-electron chi connectivity index (χ1n) is 9.45. The van der Waals surface area contributed by atoms with Gasteiger partial charge in [-0.1, -0.05) is 47.6 Å². The fourth-order valence-corrected chi connectivity index (χ4v) is 3.64. The molecular weight excluding hydrogens is 354 g/mol. The number of carbonyl (C=O) groups excluding carboxylic acids is 1. The number of carbonyl (C=O) groups is 1. The van der Waals surface area contributed by atoms with Gasteiger partial charge in [-0.05, 0) is 25.0 Å². The maximum Gasteiger partial charge on any atom is 0.231 e. The minimum atomic E-state index is 0.0395. The van der Waals surface area contributed by atoms with Crippen LogP contribution in [0.5, 0.6) is 5.75 Å². The second kappa shape index (κ2) is 7.84. The molecule has 28 heavy (non-hydrogen) atoms. The van der Waals surface area contributed by atoms with Crippen molar-refractivity contribution in [2.75, 3.05) is 13.7 Å². The Kier molecular flexibility index (Phi) is 5.10. The van der Waals surface area contributed by atoms with Gasteiger partial charge in [0.25, 0.3) is 0 Å². The first-order valence-corrected chi connectivity index (χ1v) is 9.45. The second-order valence-corrected chi connectivity index (χ2v) is 7.09. The van der Waals surface area contributed by atoms with Crippen LogP contribution in [-0.4, -0.2) is 34.6 Å². The van der Waals surface area contributed by atoms with E-state index >= 15 is 0 Å². The maximum atomic E-state index is 12.5. The largest absolute Gasteiger partial charge is 0.496 e. The zero-order valence-corrected chi connectivity index (χ0v) is 16.1. The standard InChI is InChI=1S/C22H23N3O3/c1-15-7-3-5-9-18(15)21-23-22(28-24-21)17-11-12-20(26)25(14-17)13-16-8-4-6-10-19(16)27-2/h3-10,17H,11-14H2,1-2H3. The molecule has 1 unspecified atom stereocenters. The van der Waals surface area contributed by atoms with E-state index in [1.165, 1.54) is 0 Å². The number of para-hydroxylation sites is 1. The van der Waals surface area contributed by atoms with E-state index in [9.17, 15) is 4.79 Å². The van der Waals surface area contributed by atoms with E-state index < -0.39 is 0 Å². The van der Waals surface area contributed by atoms with Gasteiger partial charge in [0.1, 0.15) is 5.75 Å². The highest BCUT2D eigenvalue weighted by Gasteiger charge is 2.31. The van der Waals surface area contributed by atoms with Gasteiger partial charge in [0.2, 0.25) is 17.6 Å². The summed E-state index contributed by atoms with van der Waals surface area (Å²) >= 11 is 0. The predicted molar refractivity (Wildman–Crippen MR) is 105 cm³/mol. The Labute approximate surface area is 164 Å². The van der Waals surface area contributed by atoms with E-state index in [2.05, 4.69) is 10.1 Å². The van der Waals surface area contributed by atoms with E-state index in [4.69, 9.17) is 9.26 Å². The molecule has 0 N–H and O–H groups in total. The number of piperidine rings is 1. The lowest BCUT2D eigenvalue weighted by Gasteiger charge is -2.31. The van der Waals surface area contributed by atoms with Crippen LogP contribution in [0.25, 0.3) is 11.4 Å². The van der Waals surface area contributed by atoms with Crippen molar-refractivity contribution in [1.82, 2.24) is 15.0 Å². The zero-order valence-electron chi connectivity index (χ0n) is 16.1. The van der Waals surface area contributed by atoms with Crippen molar-refractivity contribution in [2.45, 2.75) is 32.2 Å². The molecule has 0 radical (unpaired) electrons. The first kappa shape index (κ1) is 18.2. The monoisotopic (exact) mass is 377 g/mol. The lowest BCUT2D eigenvalue weighted by molar-refractivity contribution is -0.134. The number of aromatic nitrogens is 2. The Balaban J connectivity index is 1.52. The minimum Gasteiger partial charge on any atom is -0.496 e. The molecule has 2 aromatic carbocycles. The van der Waals surface area contributed by atoms with Crippen LogP contribution in [0.1, 0.15) is 35.8 Å². The van der Waals surface area contributed by atoms with Crippen LogP contribution in [-0.2, 0) is 11.3 Å². The predicted octanol–water partition coefficient (Wildman–Crippen LogP) is 3.96. The summed E-state index contributed by atoms with van der Waals surface area (Å²) < 4.78 is 11.0. The molecule has 1 atom stereocenters. The molecule has 0 spiro atoms. The van der Waals surface area contributed by atoms with E-state index in [-0.39, 0.29) is 11.8 Å². The Morgan fingerprint density at radius 2 is 1.96 bits per heavy atom. The van der Waals surface area contributed by atoms with Gasteiger partial charge in [-0.15, -0.1) is 0 Å². The summed E-state index contributed by atoms with van der Waals surface area (Å²) in [5.74, 6) is 2.16. The summed E-state index contributed by atoms with van der Waals surface area (Å²) in [4.78, 5) is 18.9. The molecule has 0 saturated carbocycles. The normalized spacial score (nSPS) is 17.0. The summed E-state index contributed by atoms with van der Waals surface area (Å²) in [6.07, 6.45) is 1.19. The van der Waals surface area contributed by atoms with Crippen LogP contribution >= 0.6 is 0 Å². The first-order chi connectivity index (χ1) is 13.7. The number of nitrogens with zero attached hydrogens (tertiary/aromatic N) is 3. The molecule has 4 rings (SSSR count). The van der Waals surface area contributed by atoms with Gasteiger partial charge >= 0.3 is 0 Å². The van der Waals surface area contributed by atoms with Gasteiger partial charge < -0.3 is 14.2 Å². The Morgan fingerprint density at radius 1 is 1.18 bits per heavy atom. The number of ether oxygens (including phenoxy) is 1. The molecule has 2 heterocycles. The smallest absolute Gasteiger partial charge is 0.231 e. The third-order valence-corrected chi connectivity index (χ3v) is 5.23. The van der Waals surface area contributed by atoms with Crippen molar-refractivity contribution < 1.29 is 14.1 Å². The molecule has 1 aliphatic heterocycles. The highest BCUT2D eigenvalue weighted by atomic mass is 16.5. The number of methoxy groups -OCH3 is 1. The average Bonchev–Trinajstić information content (AvgIpc) is 3.20. The van der Waals surface area contributed by atoms with Crippen molar-refractivity contribution in [3.63, 3.8) is 0 Å². The maximum absolute atomic E-state index is 12.5. The Hall–Kier alpha value is -3.15. The summed E-state index contributed by atoms with van der Waals surface area (Å²) in [5.41, 5.74) is 3.06. The molecule has 1 aromatic heterocycles. The molecule has 6 heteroatoms. The van der Waals surface area contributed by atoms with Crippen molar-refractivity contribution in [3.8, 4) is 17.1 Å². The number of rotatable bonds is 5. The van der Waals surface area contributed by atoms with Gasteiger partial charge in [-0.25, -0.2) is 0 Å². The van der Waals surface area contributed by atoms with Crippen LogP contribution in [0.4, 0.5) is 0 Å². The van der Waals surface area contributed by atoms with Gasteiger partial charge in [0, 0.05) is 30.6 Å². The summed E-state index contributed by atoms with van der Waals surface area (Å²) in [6, 6.07) is 15.7. The molecule has 1 aliphatic rings. The highest BCUT2D eigenvalue weighted by Crippen LogP contribution is 2.30. The number of hydrogen-bond donors (Lipinski definition) is 0. The van der Waals surface area contributed by atoms with Gasteiger partial charge in [0.05, 0.1) is 13.0 Å². The van der Waals surface area contributed by atoms with E-state index in [0.717, 1.165) is 28.9 Å². The quantitative estimate of drug-likeness (QED) is 0.673. The summed E-state index contributed by atoms with van der Waals surface area (Å²) in [7, 11) is 1.64.